The van der Waals surface area contributed by atoms with E-state index in [0.29, 0.717) is 30.7 Å². The summed E-state index contributed by atoms with van der Waals surface area (Å²) in [6, 6.07) is 1.76. The number of aromatic nitrogens is 1. The van der Waals surface area contributed by atoms with Gasteiger partial charge in [0.05, 0.1) is 11.8 Å². The molecular formula is C15H24N2O3. The van der Waals surface area contributed by atoms with Gasteiger partial charge in [0.1, 0.15) is 0 Å². The van der Waals surface area contributed by atoms with Gasteiger partial charge in [-0.05, 0) is 32.1 Å². The summed E-state index contributed by atoms with van der Waals surface area (Å²) in [6.07, 6.45) is 2.36. The summed E-state index contributed by atoms with van der Waals surface area (Å²) in [4.78, 5) is 14.1. The Morgan fingerprint density at radius 1 is 1.50 bits per heavy atom. The number of aliphatic hydroxyl groups is 1. The topological polar surface area (TPSA) is 66.6 Å². The van der Waals surface area contributed by atoms with Gasteiger partial charge >= 0.3 is 0 Å². The summed E-state index contributed by atoms with van der Waals surface area (Å²) in [5.41, 5.74) is 0.842. The Kier molecular flexibility index (Phi) is 4.81. The van der Waals surface area contributed by atoms with Gasteiger partial charge in [-0.2, -0.15) is 0 Å². The standard InChI is InChI=1S/C15H24N2O3/c1-4-10(2)13-9-14(20-16-13)15(19)17-7-5-12(6-8-17)11(3)18/h9-12,18H,4-8H2,1-3H3. The van der Waals surface area contributed by atoms with Crippen LogP contribution < -0.4 is 0 Å². The molecule has 2 atom stereocenters. The van der Waals surface area contributed by atoms with E-state index in [-0.39, 0.29) is 12.0 Å². The molecule has 1 saturated heterocycles. The molecule has 1 aromatic rings. The molecule has 1 N–H and O–H groups in total. The largest absolute Gasteiger partial charge is 0.393 e. The van der Waals surface area contributed by atoms with E-state index in [0.717, 1.165) is 25.0 Å². The molecule has 0 saturated carbocycles. The summed E-state index contributed by atoms with van der Waals surface area (Å²) >= 11 is 0. The third-order valence-electron chi connectivity index (χ3n) is 4.37. The smallest absolute Gasteiger partial charge is 0.292 e. The molecule has 5 heteroatoms. The van der Waals surface area contributed by atoms with E-state index in [1.54, 1.807) is 11.0 Å². The van der Waals surface area contributed by atoms with Gasteiger partial charge in [-0.25, -0.2) is 0 Å². The van der Waals surface area contributed by atoms with Crippen molar-refractivity contribution in [1.82, 2.24) is 10.1 Å². The molecule has 0 bridgehead atoms. The fourth-order valence-electron chi connectivity index (χ4n) is 2.57. The van der Waals surface area contributed by atoms with Gasteiger partial charge in [-0.1, -0.05) is 19.0 Å². The van der Waals surface area contributed by atoms with Crippen molar-refractivity contribution in [3.05, 3.63) is 17.5 Å². The van der Waals surface area contributed by atoms with Crippen LogP contribution in [0.4, 0.5) is 0 Å². The van der Waals surface area contributed by atoms with E-state index >= 15 is 0 Å². The summed E-state index contributed by atoms with van der Waals surface area (Å²) in [6.45, 7) is 7.32. The number of amides is 1. The Labute approximate surface area is 119 Å². The molecule has 2 heterocycles. The van der Waals surface area contributed by atoms with Crippen LogP contribution in [0.5, 0.6) is 0 Å². The Balaban J connectivity index is 1.97. The van der Waals surface area contributed by atoms with E-state index < -0.39 is 0 Å². The van der Waals surface area contributed by atoms with Gasteiger partial charge < -0.3 is 14.5 Å². The fraction of sp³-hybridized carbons (Fsp3) is 0.733. The highest BCUT2D eigenvalue weighted by atomic mass is 16.5. The van der Waals surface area contributed by atoms with E-state index in [4.69, 9.17) is 4.52 Å². The molecule has 1 amide bonds. The summed E-state index contributed by atoms with van der Waals surface area (Å²) in [7, 11) is 0. The minimum Gasteiger partial charge on any atom is -0.393 e. The van der Waals surface area contributed by atoms with Crippen molar-refractivity contribution >= 4 is 5.91 Å². The molecule has 20 heavy (non-hydrogen) atoms. The second-order valence-electron chi connectivity index (χ2n) is 5.80. The second-order valence-corrected chi connectivity index (χ2v) is 5.80. The summed E-state index contributed by atoms with van der Waals surface area (Å²) in [5.74, 6) is 0.845. The lowest BCUT2D eigenvalue weighted by atomic mass is 9.92. The minimum atomic E-state index is -0.297. The molecule has 5 nitrogen and oxygen atoms in total. The number of piperidine rings is 1. The van der Waals surface area contributed by atoms with Crippen molar-refractivity contribution in [2.24, 2.45) is 5.92 Å². The van der Waals surface area contributed by atoms with Gasteiger partial charge in [0.25, 0.3) is 5.91 Å². The molecule has 2 unspecified atom stereocenters. The first-order valence-corrected chi connectivity index (χ1v) is 7.46. The van der Waals surface area contributed by atoms with Crippen molar-refractivity contribution in [2.75, 3.05) is 13.1 Å². The second kappa shape index (κ2) is 6.39. The zero-order chi connectivity index (χ0) is 14.7. The maximum absolute atomic E-state index is 12.3. The number of aliphatic hydroxyl groups excluding tert-OH is 1. The third kappa shape index (κ3) is 3.20. The van der Waals surface area contributed by atoms with Gasteiger partial charge in [0.15, 0.2) is 0 Å². The number of likely N-dealkylation sites (tertiary alicyclic amines) is 1. The van der Waals surface area contributed by atoms with Gasteiger partial charge in [0.2, 0.25) is 5.76 Å². The van der Waals surface area contributed by atoms with E-state index in [1.807, 2.05) is 6.92 Å². The SMILES string of the molecule is CCC(C)c1cc(C(=O)N2CCC(C(C)O)CC2)on1. The summed E-state index contributed by atoms with van der Waals surface area (Å²) < 4.78 is 5.19. The van der Waals surface area contributed by atoms with Crippen LogP contribution >= 0.6 is 0 Å². The monoisotopic (exact) mass is 280 g/mol. The molecule has 2 rings (SSSR count). The average molecular weight is 280 g/mol. The molecule has 1 aliphatic rings. The molecule has 1 aromatic heterocycles. The lowest BCUT2D eigenvalue weighted by molar-refractivity contribution is 0.0491. The zero-order valence-corrected chi connectivity index (χ0v) is 12.5. The first-order chi connectivity index (χ1) is 9.52. The van der Waals surface area contributed by atoms with Crippen LogP contribution in [0.2, 0.25) is 0 Å². The highest BCUT2D eigenvalue weighted by Crippen LogP contribution is 2.23. The molecule has 0 radical (unpaired) electrons. The normalized spacial score (nSPS) is 19.9. The van der Waals surface area contributed by atoms with Crippen LogP contribution in [0.1, 0.15) is 62.2 Å². The van der Waals surface area contributed by atoms with Crippen molar-refractivity contribution in [3.63, 3.8) is 0 Å². The highest BCUT2D eigenvalue weighted by Gasteiger charge is 2.28. The number of rotatable bonds is 4. The quantitative estimate of drug-likeness (QED) is 0.919. The van der Waals surface area contributed by atoms with Crippen molar-refractivity contribution in [1.29, 1.82) is 0 Å². The molecule has 0 aromatic carbocycles. The van der Waals surface area contributed by atoms with Crippen LogP contribution in [-0.4, -0.2) is 40.3 Å². The Morgan fingerprint density at radius 3 is 2.70 bits per heavy atom. The van der Waals surface area contributed by atoms with E-state index in [1.165, 1.54) is 0 Å². The first kappa shape index (κ1) is 15.0. The molecule has 1 fully saturated rings. The molecule has 1 aliphatic heterocycles. The summed E-state index contributed by atoms with van der Waals surface area (Å²) in [5, 5.41) is 13.6. The molecular weight excluding hydrogens is 256 g/mol. The van der Waals surface area contributed by atoms with Gasteiger partial charge in [0, 0.05) is 25.1 Å². The van der Waals surface area contributed by atoms with Crippen molar-refractivity contribution in [3.8, 4) is 0 Å². The highest BCUT2D eigenvalue weighted by molar-refractivity contribution is 5.91. The zero-order valence-electron chi connectivity index (χ0n) is 12.5. The minimum absolute atomic E-state index is 0.0869. The predicted octanol–water partition coefficient (Wildman–Crippen LogP) is 2.42. The molecule has 0 spiro atoms. The van der Waals surface area contributed by atoms with Crippen LogP contribution in [0.25, 0.3) is 0 Å². The van der Waals surface area contributed by atoms with Crippen LogP contribution in [-0.2, 0) is 0 Å². The van der Waals surface area contributed by atoms with Gasteiger partial charge in [-0.15, -0.1) is 0 Å². The average Bonchev–Trinajstić information content (AvgIpc) is 2.95. The predicted molar refractivity (Wildman–Crippen MR) is 75.5 cm³/mol. The van der Waals surface area contributed by atoms with Crippen LogP contribution in [0, 0.1) is 5.92 Å². The third-order valence-corrected chi connectivity index (χ3v) is 4.37. The molecule has 0 aliphatic carbocycles. The maximum Gasteiger partial charge on any atom is 0.292 e. The number of hydrogen-bond donors (Lipinski definition) is 1. The first-order valence-electron chi connectivity index (χ1n) is 7.46. The lowest BCUT2D eigenvalue weighted by Crippen LogP contribution is -2.40. The van der Waals surface area contributed by atoms with E-state index in [2.05, 4.69) is 19.0 Å². The van der Waals surface area contributed by atoms with Crippen molar-refractivity contribution in [2.45, 2.75) is 52.1 Å². The number of carbonyl (C=O) groups excluding carboxylic acids is 1. The van der Waals surface area contributed by atoms with E-state index in [9.17, 15) is 9.90 Å². The lowest BCUT2D eigenvalue weighted by Gasteiger charge is -2.32. The number of nitrogens with zero attached hydrogens (tertiary/aromatic N) is 2. The fourth-order valence-corrected chi connectivity index (χ4v) is 2.57. The Hall–Kier alpha value is -1.36. The van der Waals surface area contributed by atoms with Crippen molar-refractivity contribution < 1.29 is 14.4 Å². The van der Waals surface area contributed by atoms with Crippen LogP contribution in [0.15, 0.2) is 10.6 Å². The van der Waals surface area contributed by atoms with Crippen LogP contribution in [0.3, 0.4) is 0 Å². The Bertz CT molecular complexity index is 448. The molecule has 112 valence electrons. The Morgan fingerprint density at radius 2 is 2.15 bits per heavy atom. The number of carbonyl (C=O) groups is 1. The number of hydrogen-bond acceptors (Lipinski definition) is 4. The van der Waals surface area contributed by atoms with Gasteiger partial charge in [-0.3, -0.25) is 4.79 Å². The maximum atomic E-state index is 12.3.